The van der Waals surface area contributed by atoms with Crippen molar-refractivity contribution in [1.29, 1.82) is 0 Å². The maximum Gasteiger partial charge on any atom is 0.326 e. The Balaban J connectivity index is 3.09. The Labute approximate surface area is 121 Å². The fourth-order valence-corrected chi connectivity index (χ4v) is 2.04. The van der Waals surface area contributed by atoms with Crippen LogP contribution in [0.2, 0.25) is 0 Å². The molecule has 0 radical (unpaired) electrons. The molecule has 0 fully saturated rings. The number of nitrogens with one attached hydrogen (secondary N) is 1. The first kappa shape index (κ1) is 16.6. The van der Waals surface area contributed by atoms with Crippen LogP contribution in [0.1, 0.15) is 36.5 Å². The maximum atomic E-state index is 12.2. The number of carboxylic acids is 1. The molecule has 0 saturated heterocycles. The highest BCUT2D eigenvalue weighted by molar-refractivity contribution is 5.98. The molecule has 1 aromatic heterocycles. The first-order valence-corrected chi connectivity index (χ1v) is 6.36. The molecule has 1 rings (SSSR count). The van der Waals surface area contributed by atoms with Gasteiger partial charge in [0.25, 0.3) is 5.91 Å². The zero-order valence-corrected chi connectivity index (χ0v) is 12.3. The van der Waals surface area contributed by atoms with Gasteiger partial charge < -0.3 is 10.4 Å². The first-order valence-electron chi connectivity index (χ1n) is 6.36. The molecule has 9 heteroatoms. The number of hydrogen-bond acceptors (Lipinski definition) is 5. The highest BCUT2D eigenvalue weighted by atomic mass is 16.6. The minimum absolute atomic E-state index is 0.0506. The minimum atomic E-state index is -1.18. The fourth-order valence-electron chi connectivity index (χ4n) is 2.04. The third kappa shape index (κ3) is 3.77. The standard InChI is InChI=1S/C12H18N4O5/c1-6(2)5-8(12(18)19)13-11(17)10-9(16(20)21)7(3)14-15(10)4/h6,8H,5H2,1-4H3,(H,13,17)(H,18,19)/t8-/m0/s1. The van der Waals surface area contributed by atoms with Gasteiger partial charge in [0.2, 0.25) is 5.69 Å². The summed E-state index contributed by atoms with van der Waals surface area (Å²) in [5, 5.41) is 26.3. The number of aromatic nitrogens is 2. The van der Waals surface area contributed by atoms with Crippen LogP contribution >= 0.6 is 0 Å². The summed E-state index contributed by atoms with van der Waals surface area (Å²) in [4.78, 5) is 33.6. The quantitative estimate of drug-likeness (QED) is 0.592. The van der Waals surface area contributed by atoms with Crippen LogP contribution in [0.25, 0.3) is 0 Å². The van der Waals surface area contributed by atoms with E-state index >= 15 is 0 Å². The van der Waals surface area contributed by atoms with E-state index in [9.17, 15) is 19.7 Å². The summed E-state index contributed by atoms with van der Waals surface area (Å²) >= 11 is 0. The lowest BCUT2D eigenvalue weighted by atomic mass is 10.0. The highest BCUT2D eigenvalue weighted by Gasteiger charge is 2.31. The van der Waals surface area contributed by atoms with Gasteiger partial charge in [-0.05, 0) is 19.3 Å². The predicted octanol–water partition coefficient (Wildman–Crippen LogP) is 0.866. The van der Waals surface area contributed by atoms with E-state index in [1.165, 1.54) is 14.0 Å². The molecule has 0 aliphatic heterocycles. The molecule has 0 aliphatic rings. The molecule has 0 bridgehead atoms. The van der Waals surface area contributed by atoms with Crippen molar-refractivity contribution >= 4 is 17.6 Å². The van der Waals surface area contributed by atoms with Gasteiger partial charge in [-0.25, -0.2) is 4.79 Å². The Morgan fingerprint density at radius 1 is 1.48 bits per heavy atom. The zero-order chi connectivity index (χ0) is 16.3. The molecule has 0 spiro atoms. The number of hydrogen-bond donors (Lipinski definition) is 2. The van der Waals surface area contributed by atoms with Crippen LogP contribution in [-0.4, -0.2) is 37.7 Å². The second-order valence-electron chi connectivity index (χ2n) is 5.16. The SMILES string of the molecule is Cc1nn(C)c(C(=O)N[C@@H](CC(C)C)C(=O)O)c1[N+](=O)[O-]. The summed E-state index contributed by atoms with van der Waals surface area (Å²) in [7, 11) is 1.40. The summed E-state index contributed by atoms with van der Waals surface area (Å²) in [6.45, 7) is 5.05. The monoisotopic (exact) mass is 298 g/mol. The number of amides is 1. The molecule has 1 heterocycles. The third-order valence-corrected chi connectivity index (χ3v) is 2.90. The van der Waals surface area contributed by atoms with Gasteiger partial charge in [0, 0.05) is 7.05 Å². The molecule has 0 aromatic carbocycles. The van der Waals surface area contributed by atoms with Gasteiger partial charge in [-0.1, -0.05) is 13.8 Å². The molecule has 1 aromatic rings. The number of aliphatic carboxylic acids is 1. The van der Waals surface area contributed by atoms with Crippen molar-refractivity contribution in [1.82, 2.24) is 15.1 Å². The highest BCUT2D eigenvalue weighted by Crippen LogP contribution is 2.22. The van der Waals surface area contributed by atoms with E-state index in [4.69, 9.17) is 5.11 Å². The van der Waals surface area contributed by atoms with Crippen LogP contribution in [0.3, 0.4) is 0 Å². The Hall–Kier alpha value is -2.45. The van der Waals surface area contributed by atoms with Crippen LogP contribution in [-0.2, 0) is 11.8 Å². The van der Waals surface area contributed by atoms with Gasteiger partial charge in [-0.2, -0.15) is 5.10 Å². The smallest absolute Gasteiger partial charge is 0.326 e. The lowest BCUT2D eigenvalue weighted by Gasteiger charge is -2.16. The summed E-state index contributed by atoms with van der Waals surface area (Å²) in [6.07, 6.45) is 0.228. The number of carboxylic acid groups (broad SMARTS) is 1. The molecule has 0 unspecified atom stereocenters. The Bertz CT molecular complexity index is 578. The van der Waals surface area contributed by atoms with Crippen molar-refractivity contribution in [3.05, 3.63) is 21.5 Å². The summed E-state index contributed by atoms with van der Waals surface area (Å²) in [5.41, 5.74) is -0.570. The zero-order valence-electron chi connectivity index (χ0n) is 12.3. The van der Waals surface area contributed by atoms with Crippen LogP contribution in [0.15, 0.2) is 0 Å². The van der Waals surface area contributed by atoms with Gasteiger partial charge in [0.1, 0.15) is 11.7 Å². The van der Waals surface area contributed by atoms with Crippen molar-refractivity contribution in [3.8, 4) is 0 Å². The van der Waals surface area contributed by atoms with E-state index in [1.807, 2.05) is 13.8 Å². The van der Waals surface area contributed by atoms with Gasteiger partial charge >= 0.3 is 11.7 Å². The second kappa shape index (κ2) is 6.33. The molecular weight excluding hydrogens is 280 g/mol. The minimum Gasteiger partial charge on any atom is -0.480 e. The van der Waals surface area contributed by atoms with Gasteiger partial charge in [-0.15, -0.1) is 0 Å². The van der Waals surface area contributed by atoms with Crippen molar-refractivity contribution in [2.24, 2.45) is 13.0 Å². The predicted molar refractivity (Wildman–Crippen MR) is 72.9 cm³/mol. The van der Waals surface area contributed by atoms with E-state index in [1.54, 1.807) is 0 Å². The summed E-state index contributed by atoms with van der Waals surface area (Å²) in [5.74, 6) is -1.95. The fraction of sp³-hybridized carbons (Fsp3) is 0.583. The van der Waals surface area contributed by atoms with Crippen LogP contribution in [0, 0.1) is 23.0 Å². The van der Waals surface area contributed by atoms with Crippen molar-refractivity contribution in [3.63, 3.8) is 0 Å². The van der Waals surface area contributed by atoms with Gasteiger partial charge in [-0.3, -0.25) is 19.6 Å². The normalized spacial score (nSPS) is 12.2. The van der Waals surface area contributed by atoms with Gasteiger partial charge in [0.05, 0.1) is 4.92 Å². The molecule has 0 saturated carbocycles. The van der Waals surface area contributed by atoms with Crippen LogP contribution in [0.5, 0.6) is 0 Å². The van der Waals surface area contributed by atoms with E-state index < -0.39 is 28.5 Å². The molecule has 9 nitrogen and oxygen atoms in total. The Morgan fingerprint density at radius 2 is 2.05 bits per heavy atom. The molecular formula is C12H18N4O5. The number of nitrogens with zero attached hydrogens (tertiary/aromatic N) is 3. The van der Waals surface area contributed by atoms with Gasteiger partial charge in [0.15, 0.2) is 0 Å². The number of carbonyl (C=O) groups is 2. The van der Waals surface area contributed by atoms with E-state index in [2.05, 4.69) is 10.4 Å². The second-order valence-corrected chi connectivity index (χ2v) is 5.16. The van der Waals surface area contributed by atoms with Crippen molar-refractivity contribution in [2.45, 2.75) is 33.2 Å². The average Bonchev–Trinajstić information content (AvgIpc) is 2.62. The van der Waals surface area contributed by atoms with E-state index in [-0.39, 0.29) is 23.7 Å². The first-order chi connectivity index (χ1) is 9.65. The molecule has 1 amide bonds. The largest absolute Gasteiger partial charge is 0.480 e. The average molecular weight is 298 g/mol. The Morgan fingerprint density at radius 3 is 2.48 bits per heavy atom. The van der Waals surface area contributed by atoms with E-state index in [0.29, 0.717) is 0 Å². The lowest BCUT2D eigenvalue weighted by molar-refractivity contribution is -0.385. The molecule has 1 atom stereocenters. The summed E-state index contributed by atoms with van der Waals surface area (Å²) < 4.78 is 1.08. The molecule has 0 aliphatic carbocycles. The number of rotatable bonds is 6. The summed E-state index contributed by atoms with van der Waals surface area (Å²) in [6, 6.07) is -1.10. The number of aryl methyl sites for hydroxylation is 2. The maximum absolute atomic E-state index is 12.2. The lowest BCUT2D eigenvalue weighted by Crippen LogP contribution is -2.42. The van der Waals surface area contributed by atoms with Crippen LogP contribution < -0.4 is 5.32 Å². The molecule has 116 valence electrons. The van der Waals surface area contributed by atoms with Crippen LogP contribution in [0.4, 0.5) is 5.69 Å². The van der Waals surface area contributed by atoms with Crippen molar-refractivity contribution < 1.29 is 19.6 Å². The van der Waals surface area contributed by atoms with Crippen molar-refractivity contribution in [2.75, 3.05) is 0 Å². The number of carbonyl (C=O) groups excluding carboxylic acids is 1. The third-order valence-electron chi connectivity index (χ3n) is 2.90. The molecule has 2 N–H and O–H groups in total. The van der Waals surface area contributed by atoms with E-state index in [0.717, 1.165) is 4.68 Å². The topological polar surface area (TPSA) is 127 Å². The molecule has 21 heavy (non-hydrogen) atoms. The number of nitro groups is 1. The Kier molecular flexibility index (Phi) is 5.01.